The van der Waals surface area contributed by atoms with E-state index >= 15 is 0 Å². The van der Waals surface area contributed by atoms with Crippen molar-refractivity contribution in [3.63, 3.8) is 0 Å². The number of nitrogens with one attached hydrogen (secondary N) is 3. The minimum atomic E-state index is -1.92. The molecule has 0 radical (unpaired) electrons. The molecule has 4 nitrogen and oxygen atoms in total. The van der Waals surface area contributed by atoms with Crippen molar-refractivity contribution < 1.29 is 9.18 Å². The summed E-state index contributed by atoms with van der Waals surface area (Å²) in [5.74, 6) is -0.937. The highest BCUT2D eigenvalue weighted by atomic mass is 35.6. The van der Waals surface area contributed by atoms with Crippen molar-refractivity contribution in [2.75, 3.05) is 12.0 Å². The van der Waals surface area contributed by atoms with Crippen molar-refractivity contribution in [2.45, 2.75) is 9.96 Å². The number of hydrogen-bond donors (Lipinski definition) is 3. The maximum Gasteiger partial charge on any atom is 0.253 e. The van der Waals surface area contributed by atoms with E-state index in [0.717, 1.165) is 0 Å². The van der Waals surface area contributed by atoms with Crippen molar-refractivity contribution in [1.82, 2.24) is 10.6 Å². The van der Waals surface area contributed by atoms with Crippen LogP contribution in [-0.2, 0) is 4.79 Å². The number of benzene rings is 1. The third kappa shape index (κ3) is 6.84. The number of alkyl halides is 4. The fourth-order valence-corrected chi connectivity index (χ4v) is 1.92. The largest absolute Gasteiger partial charge is 0.339 e. The molecule has 1 atom stereocenters. The number of halogens is 5. The van der Waals surface area contributed by atoms with Crippen LogP contribution in [0.15, 0.2) is 24.3 Å². The van der Waals surface area contributed by atoms with Crippen molar-refractivity contribution in [3.05, 3.63) is 29.3 Å². The molecular formula is C11H10Cl4FN3OS. The average Bonchev–Trinajstić information content (AvgIpc) is 2.39. The first kappa shape index (κ1) is 18.5. The average molecular weight is 393 g/mol. The lowest BCUT2D eigenvalue weighted by atomic mass is 10.3. The Kier molecular flexibility index (Phi) is 7.23. The molecule has 0 aliphatic rings. The van der Waals surface area contributed by atoms with E-state index in [4.69, 9.17) is 58.6 Å². The zero-order valence-electron chi connectivity index (χ0n) is 10.3. The molecule has 0 aromatic heterocycles. The van der Waals surface area contributed by atoms with Crippen molar-refractivity contribution in [2.24, 2.45) is 0 Å². The van der Waals surface area contributed by atoms with Crippen LogP contribution in [0.4, 0.5) is 10.1 Å². The smallest absolute Gasteiger partial charge is 0.253 e. The van der Waals surface area contributed by atoms with E-state index in [9.17, 15) is 9.18 Å². The highest BCUT2D eigenvalue weighted by Gasteiger charge is 2.34. The summed E-state index contributed by atoms with van der Waals surface area (Å²) >= 11 is 27.9. The second-order valence-electron chi connectivity index (χ2n) is 3.78. The van der Waals surface area contributed by atoms with Crippen LogP contribution < -0.4 is 16.0 Å². The van der Waals surface area contributed by atoms with Crippen LogP contribution >= 0.6 is 58.6 Å². The fourth-order valence-electron chi connectivity index (χ4n) is 1.23. The molecule has 3 N–H and O–H groups in total. The predicted octanol–water partition coefficient (Wildman–Crippen LogP) is 3.41. The van der Waals surface area contributed by atoms with Gasteiger partial charge in [-0.3, -0.25) is 4.79 Å². The number of anilines is 1. The zero-order chi connectivity index (χ0) is 16.0. The van der Waals surface area contributed by atoms with Gasteiger partial charge >= 0.3 is 0 Å². The maximum absolute atomic E-state index is 12.2. The molecule has 116 valence electrons. The van der Waals surface area contributed by atoms with E-state index in [1.807, 2.05) is 0 Å². The normalized spacial score (nSPS) is 12.4. The molecule has 0 aliphatic carbocycles. The van der Waals surface area contributed by atoms with Crippen molar-refractivity contribution >= 4 is 75.3 Å². The van der Waals surface area contributed by atoms with Gasteiger partial charge in [0.25, 0.3) is 5.91 Å². The Bertz CT molecular complexity index is 509. The van der Waals surface area contributed by atoms with E-state index in [1.165, 1.54) is 0 Å². The Morgan fingerprint density at radius 2 is 1.81 bits per heavy atom. The molecule has 21 heavy (non-hydrogen) atoms. The highest BCUT2D eigenvalue weighted by molar-refractivity contribution is 7.80. The van der Waals surface area contributed by atoms with Crippen molar-refractivity contribution in [1.29, 1.82) is 0 Å². The van der Waals surface area contributed by atoms with Gasteiger partial charge in [-0.15, -0.1) is 0 Å². The van der Waals surface area contributed by atoms with Gasteiger partial charge in [0.1, 0.15) is 6.17 Å². The monoisotopic (exact) mass is 391 g/mol. The standard InChI is InChI=1S/C11H10Cl4FN3OS/c12-6-1-3-7(4-2-6)17-10(21)19-9(11(13,14)15)18-8(20)5-16/h1-4,9H,5H2,(H,18,20)(H2,17,19,21)/t9-/m0/s1. The first-order valence-electron chi connectivity index (χ1n) is 5.47. The lowest BCUT2D eigenvalue weighted by Gasteiger charge is -2.27. The van der Waals surface area contributed by atoms with Gasteiger partial charge in [-0.25, -0.2) is 4.39 Å². The summed E-state index contributed by atoms with van der Waals surface area (Å²) in [6.45, 7) is -1.24. The Morgan fingerprint density at radius 1 is 1.24 bits per heavy atom. The van der Waals surface area contributed by atoms with Crippen LogP contribution in [-0.4, -0.2) is 27.7 Å². The summed E-state index contributed by atoms with van der Waals surface area (Å²) in [4.78, 5) is 11.1. The van der Waals surface area contributed by atoms with Crippen LogP contribution in [0.1, 0.15) is 0 Å². The summed E-state index contributed by atoms with van der Waals surface area (Å²) in [5, 5.41) is 8.19. The minimum absolute atomic E-state index is 0.0767. The van der Waals surface area contributed by atoms with Gasteiger partial charge in [0.2, 0.25) is 3.79 Å². The van der Waals surface area contributed by atoms with Crippen LogP contribution in [0.2, 0.25) is 5.02 Å². The maximum atomic E-state index is 12.2. The lowest BCUT2D eigenvalue weighted by molar-refractivity contribution is -0.122. The fraction of sp³-hybridized carbons (Fsp3) is 0.273. The number of hydrogen-bond acceptors (Lipinski definition) is 2. The summed E-state index contributed by atoms with van der Waals surface area (Å²) in [5.41, 5.74) is 0.636. The quantitative estimate of drug-likeness (QED) is 0.417. The van der Waals surface area contributed by atoms with E-state index in [-0.39, 0.29) is 5.11 Å². The number of rotatable bonds is 4. The van der Waals surface area contributed by atoms with Crippen LogP contribution in [0.5, 0.6) is 0 Å². The molecule has 0 fully saturated rings. The van der Waals surface area contributed by atoms with E-state index in [0.29, 0.717) is 10.7 Å². The molecule has 1 aromatic carbocycles. The number of carbonyl (C=O) groups is 1. The number of thiocarbonyl (C=S) groups is 1. The molecule has 1 amide bonds. The molecule has 0 bridgehead atoms. The van der Waals surface area contributed by atoms with Gasteiger partial charge in [-0.1, -0.05) is 46.4 Å². The summed E-state index contributed by atoms with van der Waals surface area (Å²) < 4.78 is 10.3. The Labute approximate surface area is 146 Å². The molecule has 0 unspecified atom stereocenters. The topological polar surface area (TPSA) is 53.2 Å². The molecule has 1 rings (SSSR count). The predicted molar refractivity (Wildman–Crippen MR) is 89.0 cm³/mol. The van der Waals surface area contributed by atoms with Gasteiger partial charge in [-0.05, 0) is 36.5 Å². The third-order valence-corrected chi connectivity index (χ3v) is 3.26. The van der Waals surface area contributed by atoms with E-state index in [1.54, 1.807) is 24.3 Å². The minimum Gasteiger partial charge on any atom is -0.339 e. The van der Waals surface area contributed by atoms with Gasteiger partial charge < -0.3 is 16.0 Å². The molecule has 0 spiro atoms. The first-order chi connectivity index (χ1) is 9.72. The Morgan fingerprint density at radius 3 is 2.29 bits per heavy atom. The van der Waals surface area contributed by atoms with Gasteiger partial charge in [-0.2, -0.15) is 0 Å². The summed E-state index contributed by atoms with van der Waals surface area (Å²) in [6, 6.07) is 6.68. The van der Waals surface area contributed by atoms with Crippen LogP contribution in [0.3, 0.4) is 0 Å². The van der Waals surface area contributed by atoms with Gasteiger partial charge in [0.05, 0.1) is 0 Å². The Balaban J connectivity index is 2.67. The summed E-state index contributed by atoms with van der Waals surface area (Å²) in [6.07, 6.45) is -1.20. The molecule has 0 aliphatic heterocycles. The molecule has 1 aromatic rings. The molecule has 0 heterocycles. The van der Waals surface area contributed by atoms with E-state index in [2.05, 4.69) is 16.0 Å². The number of amides is 1. The molecule has 10 heteroatoms. The summed E-state index contributed by atoms with van der Waals surface area (Å²) in [7, 11) is 0. The number of carbonyl (C=O) groups excluding carboxylic acids is 1. The molecular weight excluding hydrogens is 383 g/mol. The van der Waals surface area contributed by atoms with Gasteiger partial charge in [0.15, 0.2) is 11.8 Å². The van der Waals surface area contributed by atoms with Gasteiger partial charge in [0, 0.05) is 10.7 Å². The Hall–Kier alpha value is -0.530. The second kappa shape index (κ2) is 8.19. The van der Waals surface area contributed by atoms with Crippen molar-refractivity contribution in [3.8, 4) is 0 Å². The highest BCUT2D eigenvalue weighted by Crippen LogP contribution is 2.29. The van der Waals surface area contributed by atoms with Crippen LogP contribution in [0.25, 0.3) is 0 Å². The first-order valence-corrected chi connectivity index (χ1v) is 7.39. The SMILES string of the molecule is O=C(CF)N[C@@H](NC(=S)Nc1ccc(Cl)cc1)C(Cl)(Cl)Cl. The second-order valence-corrected chi connectivity index (χ2v) is 6.99. The molecule has 0 saturated heterocycles. The molecule has 0 saturated carbocycles. The van der Waals surface area contributed by atoms with E-state index < -0.39 is 22.5 Å². The zero-order valence-corrected chi connectivity index (χ0v) is 14.1. The lowest BCUT2D eigenvalue weighted by Crippen LogP contribution is -2.56. The van der Waals surface area contributed by atoms with Crippen LogP contribution in [0, 0.1) is 0 Å². The third-order valence-electron chi connectivity index (χ3n) is 2.13.